The van der Waals surface area contributed by atoms with Crippen molar-refractivity contribution in [2.75, 3.05) is 11.1 Å². The van der Waals surface area contributed by atoms with E-state index in [-0.39, 0.29) is 16.6 Å². The van der Waals surface area contributed by atoms with Gasteiger partial charge < -0.3 is 5.32 Å². The molecule has 0 aliphatic heterocycles. The van der Waals surface area contributed by atoms with Crippen LogP contribution >= 0.6 is 35.0 Å². The summed E-state index contributed by atoms with van der Waals surface area (Å²) in [5, 5.41) is 2.73. The fourth-order valence-corrected chi connectivity index (χ4v) is 2.94. The quantitative estimate of drug-likeness (QED) is 0.749. The van der Waals surface area contributed by atoms with Crippen LogP contribution in [0.15, 0.2) is 36.5 Å². The molecule has 1 heterocycles. The molecule has 128 valence electrons. The van der Waals surface area contributed by atoms with E-state index in [2.05, 4.69) is 10.3 Å². The molecule has 0 spiro atoms. The summed E-state index contributed by atoms with van der Waals surface area (Å²) < 4.78 is 37.6. The lowest BCUT2D eigenvalue weighted by Crippen LogP contribution is -2.16. The number of benzene rings is 1. The third kappa shape index (κ3) is 5.58. The number of thioether (sulfide) groups is 1. The Labute approximate surface area is 150 Å². The first kappa shape index (κ1) is 18.9. The van der Waals surface area contributed by atoms with Crippen LogP contribution < -0.4 is 5.32 Å². The molecule has 9 heteroatoms. The highest BCUT2D eigenvalue weighted by Crippen LogP contribution is 2.32. The average molecular weight is 395 g/mol. The van der Waals surface area contributed by atoms with Gasteiger partial charge in [-0.3, -0.25) is 4.79 Å². The Morgan fingerprint density at radius 1 is 1.25 bits per heavy atom. The number of nitrogens with zero attached hydrogens (tertiary/aromatic N) is 1. The molecule has 1 amide bonds. The van der Waals surface area contributed by atoms with Gasteiger partial charge in [0, 0.05) is 17.0 Å². The van der Waals surface area contributed by atoms with Crippen molar-refractivity contribution in [3.63, 3.8) is 0 Å². The number of aromatic nitrogens is 1. The second-order valence-electron chi connectivity index (χ2n) is 4.72. The number of halogens is 5. The summed E-state index contributed by atoms with van der Waals surface area (Å²) in [6.45, 7) is 0. The fraction of sp³-hybridized carbons (Fsp3) is 0.200. The molecule has 0 unspecified atom stereocenters. The number of carbonyl (C=O) groups is 1. The van der Waals surface area contributed by atoms with Gasteiger partial charge >= 0.3 is 6.18 Å². The van der Waals surface area contributed by atoms with Gasteiger partial charge in [-0.05, 0) is 23.8 Å². The Balaban J connectivity index is 1.88. The molecular weight excluding hydrogens is 384 g/mol. The van der Waals surface area contributed by atoms with Crippen LogP contribution in [0.25, 0.3) is 0 Å². The number of amides is 1. The lowest BCUT2D eigenvalue weighted by atomic mass is 10.2. The van der Waals surface area contributed by atoms with Crippen molar-refractivity contribution in [2.24, 2.45) is 0 Å². The topological polar surface area (TPSA) is 42.0 Å². The molecule has 3 nitrogen and oxygen atoms in total. The normalized spacial score (nSPS) is 11.4. The lowest BCUT2D eigenvalue weighted by Gasteiger charge is -2.10. The van der Waals surface area contributed by atoms with Gasteiger partial charge in [-0.1, -0.05) is 35.3 Å². The van der Waals surface area contributed by atoms with Crippen molar-refractivity contribution in [1.82, 2.24) is 4.98 Å². The van der Waals surface area contributed by atoms with Crippen LogP contribution in [0.2, 0.25) is 10.0 Å². The van der Waals surface area contributed by atoms with Crippen molar-refractivity contribution < 1.29 is 18.0 Å². The molecule has 0 aliphatic rings. The molecule has 0 bridgehead atoms. The first-order valence-corrected chi connectivity index (χ1v) is 8.51. The summed E-state index contributed by atoms with van der Waals surface area (Å²) in [6.07, 6.45) is -3.91. The van der Waals surface area contributed by atoms with E-state index in [1.54, 1.807) is 12.1 Å². The molecule has 1 aromatic carbocycles. The SMILES string of the molecule is O=C(CSCc1cccc(Cl)c1)Nc1ncc(C(F)(F)F)cc1Cl. The fourth-order valence-electron chi connectivity index (χ4n) is 1.74. The maximum Gasteiger partial charge on any atom is 0.417 e. The smallest absolute Gasteiger partial charge is 0.309 e. The molecule has 0 saturated carbocycles. The molecule has 0 radical (unpaired) electrons. The number of hydrogen-bond donors (Lipinski definition) is 1. The van der Waals surface area contributed by atoms with E-state index < -0.39 is 17.6 Å². The van der Waals surface area contributed by atoms with Crippen LogP contribution in [0.1, 0.15) is 11.1 Å². The maximum absolute atomic E-state index is 12.5. The van der Waals surface area contributed by atoms with E-state index in [4.69, 9.17) is 23.2 Å². The largest absolute Gasteiger partial charge is 0.417 e. The standard InChI is InChI=1S/C15H11Cl2F3N2OS/c16-11-3-1-2-9(4-11)7-24-8-13(23)22-14-12(17)5-10(6-21-14)15(18,19)20/h1-6H,7-8H2,(H,21,22,23). The Kier molecular flexibility index (Phi) is 6.37. The number of alkyl halides is 3. The van der Waals surface area contributed by atoms with Gasteiger partial charge in [0.1, 0.15) is 0 Å². The molecule has 0 atom stereocenters. The summed E-state index contributed by atoms with van der Waals surface area (Å²) in [5.74, 6) is 0.169. The summed E-state index contributed by atoms with van der Waals surface area (Å²) in [6, 6.07) is 7.96. The van der Waals surface area contributed by atoms with E-state index in [0.717, 1.165) is 11.6 Å². The first-order chi connectivity index (χ1) is 11.3. The summed E-state index contributed by atoms with van der Waals surface area (Å²) >= 11 is 12.9. The Morgan fingerprint density at radius 2 is 2.00 bits per heavy atom. The molecule has 0 saturated heterocycles. The predicted octanol–water partition coefficient (Wildman–Crippen LogP) is 5.28. The molecule has 2 rings (SSSR count). The zero-order valence-electron chi connectivity index (χ0n) is 12.0. The highest BCUT2D eigenvalue weighted by molar-refractivity contribution is 7.99. The van der Waals surface area contributed by atoms with Gasteiger partial charge in [0.2, 0.25) is 5.91 Å². The number of anilines is 1. The van der Waals surface area contributed by atoms with Crippen LogP contribution in [0, 0.1) is 0 Å². The number of rotatable bonds is 5. The van der Waals surface area contributed by atoms with E-state index in [9.17, 15) is 18.0 Å². The monoisotopic (exact) mass is 394 g/mol. The number of pyridine rings is 1. The second-order valence-corrected chi connectivity index (χ2v) is 6.55. The van der Waals surface area contributed by atoms with Crippen molar-refractivity contribution >= 4 is 46.7 Å². The summed E-state index contributed by atoms with van der Waals surface area (Å²) in [7, 11) is 0. The molecule has 2 aromatic rings. The Bertz CT molecular complexity index is 741. The third-order valence-electron chi connectivity index (χ3n) is 2.82. The van der Waals surface area contributed by atoms with Crippen LogP contribution in [-0.2, 0) is 16.7 Å². The Morgan fingerprint density at radius 3 is 2.62 bits per heavy atom. The summed E-state index contributed by atoms with van der Waals surface area (Å²) in [4.78, 5) is 15.4. The lowest BCUT2D eigenvalue weighted by molar-refractivity contribution is -0.137. The van der Waals surface area contributed by atoms with Crippen LogP contribution in [0.4, 0.5) is 19.0 Å². The van der Waals surface area contributed by atoms with Gasteiger partial charge in [-0.25, -0.2) is 4.98 Å². The highest BCUT2D eigenvalue weighted by Gasteiger charge is 2.31. The summed E-state index contributed by atoms with van der Waals surface area (Å²) in [5.41, 5.74) is -0.00758. The number of hydrogen-bond acceptors (Lipinski definition) is 3. The van der Waals surface area contributed by atoms with Gasteiger partial charge in [0.25, 0.3) is 0 Å². The van der Waals surface area contributed by atoms with Gasteiger partial charge in [-0.15, -0.1) is 11.8 Å². The first-order valence-electron chi connectivity index (χ1n) is 6.60. The minimum absolute atomic E-state index is 0.0991. The zero-order chi connectivity index (χ0) is 17.7. The van der Waals surface area contributed by atoms with Crippen molar-refractivity contribution in [3.8, 4) is 0 Å². The number of nitrogens with one attached hydrogen (secondary N) is 1. The molecule has 0 fully saturated rings. The van der Waals surface area contributed by atoms with Gasteiger partial charge in [0.05, 0.1) is 16.3 Å². The molecule has 0 aliphatic carbocycles. The Hall–Kier alpha value is -1.44. The van der Waals surface area contributed by atoms with Gasteiger partial charge in [0.15, 0.2) is 5.82 Å². The van der Waals surface area contributed by atoms with E-state index in [1.165, 1.54) is 11.8 Å². The molecule has 1 N–H and O–H groups in total. The minimum Gasteiger partial charge on any atom is -0.309 e. The van der Waals surface area contributed by atoms with E-state index >= 15 is 0 Å². The predicted molar refractivity (Wildman–Crippen MR) is 90.5 cm³/mol. The van der Waals surface area contributed by atoms with E-state index in [1.807, 2.05) is 12.1 Å². The highest BCUT2D eigenvalue weighted by atomic mass is 35.5. The molecule has 24 heavy (non-hydrogen) atoms. The molecular formula is C15H11Cl2F3N2OS. The van der Waals surface area contributed by atoms with Crippen molar-refractivity contribution in [2.45, 2.75) is 11.9 Å². The minimum atomic E-state index is -4.54. The average Bonchev–Trinajstić information content (AvgIpc) is 2.48. The third-order valence-corrected chi connectivity index (χ3v) is 4.34. The maximum atomic E-state index is 12.5. The van der Waals surface area contributed by atoms with Crippen LogP contribution in [0.3, 0.4) is 0 Å². The van der Waals surface area contributed by atoms with Crippen molar-refractivity contribution in [3.05, 3.63) is 57.7 Å². The van der Waals surface area contributed by atoms with Crippen LogP contribution in [0.5, 0.6) is 0 Å². The zero-order valence-corrected chi connectivity index (χ0v) is 14.4. The van der Waals surface area contributed by atoms with Crippen molar-refractivity contribution in [1.29, 1.82) is 0 Å². The van der Waals surface area contributed by atoms with E-state index in [0.29, 0.717) is 17.0 Å². The number of carbonyl (C=O) groups excluding carboxylic acids is 1. The molecule has 1 aromatic heterocycles. The second kappa shape index (κ2) is 8.09. The van der Waals surface area contributed by atoms with Crippen LogP contribution in [-0.4, -0.2) is 16.6 Å². The van der Waals surface area contributed by atoms with Gasteiger partial charge in [-0.2, -0.15) is 13.2 Å².